The number of fused-ring (bicyclic) bond motifs is 3. The minimum Gasteiger partial charge on any atom is -0.508 e. The van der Waals surface area contributed by atoms with Gasteiger partial charge in [0.25, 0.3) is 0 Å². The number of terminal acetylenes is 1. The summed E-state index contributed by atoms with van der Waals surface area (Å²) in [5.41, 5.74) is 0.419. The topological polar surface area (TPSA) is 83.8 Å². The van der Waals surface area contributed by atoms with Crippen LogP contribution in [0.25, 0.3) is 32.9 Å². The van der Waals surface area contributed by atoms with E-state index in [4.69, 9.17) is 20.9 Å². The second kappa shape index (κ2) is 12.2. The molecule has 2 unspecified atom stereocenters. The van der Waals surface area contributed by atoms with Gasteiger partial charge in [-0.3, -0.25) is 9.88 Å². The van der Waals surface area contributed by atoms with Gasteiger partial charge in [-0.15, -0.1) is 6.42 Å². The average molecular weight is 666 g/mol. The number of rotatable bonds is 9. The molecule has 0 amide bonds. The first-order chi connectivity index (χ1) is 23.7. The molecule has 5 aromatic rings. The number of likely N-dealkylation sites (N-methyl/N-ethyl adjacent to an activating group) is 1. The number of alkyl halides is 1. The Hall–Kier alpha value is -4.92. The van der Waals surface area contributed by atoms with E-state index in [1.807, 2.05) is 42.3 Å². The van der Waals surface area contributed by atoms with Crippen molar-refractivity contribution in [3.05, 3.63) is 83.6 Å². The quantitative estimate of drug-likeness (QED) is 0.177. The molecule has 2 saturated heterocycles. The van der Waals surface area contributed by atoms with Gasteiger partial charge < -0.3 is 19.5 Å². The summed E-state index contributed by atoms with van der Waals surface area (Å²) in [6.45, 7) is 1.78. The van der Waals surface area contributed by atoms with Crippen LogP contribution in [-0.2, 0) is 11.3 Å². The van der Waals surface area contributed by atoms with Crippen LogP contribution in [0.1, 0.15) is 36.8 Å². The van der Waals surface area contributed by atoms with Gasteiger partial charge in [0.15, 0.2) is 5.82 Å². The van der Waals surface area contributed by atoms with Gasteiger partial charge in [0.2, 0.25) is 0 Å². The number of phenolic OH excluding ortho intramolecular Hbond substituents is 1. The summed E-state index contributed by atoms with van der Waals surface area (Å²) < 4.78 is 58.6. The first kappa shape index (κ1) is 31.4. The van der Waals surface area contributed by atoms with Gasteiger partial charge in [-0.25, -0.2) is 13.2 Å². The highest BCUT2D eigenvalue weighted by molar-refractivity contribution is 6.03. The molecular formula is C38H34F3N5O3. The zero-order valence-electron chi connectivity index (χ0n) is 26.9. The van der Waals surface area contributed by atoms with Crippen molar-refractivity contribution in [3.63, 3.8) is 0 Å². The Morgan fingerprint density at radius 1 is 1.14 bits per heavy atom. The molecule has 250 valence electrons. The van der Waals surface area contributed by atoms with Crippen LogP contribution in [0.3, 0.4) is 0 Å². The van der Waals surface area contributed by atoms with Crippen LogP contribution >= 0.6 is 0 Å². The predicted molar refractivity (Wildman–Crippen MR) is 180 cm³/mol. The first-order valence-corrected chi connectivity index (χ1v) is 16.4. The lowest BCUT2D eigenvalue weighted by Crippen LogP contribution is -2.43. The van der Waals surface area contributed by atoms with Crippen molar-refractivity contribution >= 4 is 27.5 Å². The molecule has 2 aromatic heterocycles. The summed E-state index contributed by atoms with van der Waals surface area (Å²) in [6, 6.07) is 15.2. The highest BCUT2D eigenvalue weighted by atomic mass is 19.1. The molecule has 1 N–H and O–H groups in total. The molecule has 49 heavy (non-hydrogen) atoms. The number of phenols is 1. The summed E-state index contributed by atoms with van der Waals surface area (Å²) in [4.78, 5) is 17.8. The standard InChI is InChI=1S/C38H34F3N5O3/c1-3-26-29(40)11-10-23-14-25(47)15-27(32(23)26)34-33(41)35-28(18-42-34)36(45(2)30-16-31(30)48-20-22-8-5-4-6-9-22)44-37(43-35)49-21-38-12-7-13-46(38)19-24(39)17-38/h1,4-6,8-11,14-15,18,24,30-31,47H,7,12-13,16-17,19-21H2,2H3/t24-,30?,31?,38+/m1/s1. The Bertz CT molecular complexity index is 2130. The third-order valence-electron chi connectivity index (χ3n) is 10.2. The number of anilines is 1. The maximum atomic E-state index is 16.8. The Balaban J connectivity index is 1.20. The van der Waals surface area contributed by atoms with Gasteiger partial charge in [0, 0.05) is 37.2 Å². The number of pyridine rings is 1. The lowest BCUT2D eigenvalue weighted by molar-refractivity contribution is 0.102. The fraction of sp³-hybridized carbons (Fsp3) is 0.342. The fourth-order valence-electron chi connectivity index (χ4n) is 7.62. The van der Waals surface area contributed by atoms with Crippen LogP contribution in [0.15, 0.2) is 60.8 Å². The smallest absolute Gasteiger partial charge is 0.319 e. The number of halogens is 3. The van der Waals surface area contributed by atoms with Gasteiger partial charge in [-0.05, 0) is 55.0 Å². The van der Waals surface area contributed by atoms with E-state index >= 15 is 4.39 Å². The minimum atomic E-state index is -0.938. The number of benzene rings is 3. The van der Waals surface area contributed by atoms with E-state index in [1.54, 1.807) is 0 Å². The summed E-state index contributed by atoms with van der Waals surface area (Å²) in [5.74, 6) is 1.14. The van der Waals surface area contributed by atoms with Gasteiger partial charge in [0.1, 0.15) is 41.4 Å². The molecule has 11 heteroatoms. The van der Waals surface area contributed by atoms with E-state index < -0.39 is 23.3 Å². The molecule has 3 aromatic carbocycles. The Labute approximate surface area is 281 Å². The van der Waals surface area contributed by atoms with Crippen molar-refractivity contribution in [3.8, 4) is 35.4 Å². The molecule has 3 aliphatic rings. The summed E-state index contributed by atoms with van der Waals surface area (Å²) in [6.07, 6.45) is 8.98. The minimum absolute atomic E-state index is 0.0420. The normalized spacial score (nSPS) is 23.1. The molecule has 4 heterocycles. The molecule has 8 nitrogen and oxygen atoms in total. The second-order valence-electron chi connectivity index (χ2n) is 13.3. The first-order valence-electron chi connectivity index (χ1n) is 16.4. The Morgan fingerprint density at radius 2 is 1.98 bits per heavy atom. The van der Waals surface area contributed by atoms with Gasteiger partial charge in [0.05, 0.1) is 35.2 Å². The van der Waals surface area contributed by atoms with Crippen LogP contribution in [0, 0.1) is 24.0 Å². The maximum Gasteiger partial charge on any atom is 0.319 e. The van der Waals surface area contributed by atoms with Crippen LogP contribution in [-0.4, -0.2) is 75.6 Å². The van der Waals surface area contributed by atoms with E-state index in [0.717, 1.165) is 31.4 Å². The van der Waals surface area contributed by atoms with E-state index in [0.29, 0.717) is 36.2 Å². The Morgan fingerprint density at radius 3 is 2.80 bits per heavy atom. The molecule has 0 bridgehead atoms. The van der Waals surface area contributed by atoms with Crippen LogP contribution in [0.2, 0.25) is 0 Å². The summed E-state index contributed by atoms with van der Waals surface area (Å²) >= 11 is 0. The molecule has 2 aliphatic heterocycles. The molecule has 4 atom stereocenters. The highest BCUT2D eigenvalue weighted by Crippen LogP contribution is 2.43. The van der Waals surface area contributed by atoms with Gasteiger partial charge in [-0.1, -0.05) is 42.3 Å². The predicted octanol–water partition coefficient (Wildman–Crippen LogP) is 6.56. The van der Waals surface area contributed by atoms with Crippen LogP contribution in [0.5, 0.6) is 11.8 Å². The average Bonchev–Trinajstić information content (AvgIpc) is 3.68. The number of hydrogen-bond donors (Lipinski definition) is 1. The third-order valence-corrected chi connectivity index (χ3v) is 10.2. The van der Waals surface area contributed by atoms with E-state index in [9.17, 15) is 13.9 Å². The van der Waals surface area contributed by atoms with Crippen molar-refractivity contribution in [2.24, 2.45) is 0 Å². The SMILES string of the molecule is C#Cc1c(F)ccc2cc(O)cc(-c3ncc4c(N(C)C5CC5OCc5ccccc5)nc(OC[C@@]56CCCN5C[C@H](F)C6)nc4c3F)c12. The molecule has 8 rings (SSSR count). The van der Waals surface area contributed by atoms with E-state index in [2.05, 4.69) is 20.8 Å². The number of aromatic nitrogens is 3. The van der Waals surface area contributed by atoms with E-state index in [1.165, 1.54) is 30.5 Å². The van der Waals surface area contributed by atoms with Crippen molar-refractivity contribution in [2.75, 3.05) is 31.6 Å². The number of aromatic hydroxyl groups is 1. The number of ether oxygens (including phenoxy) is 2. The molecule has 0 radical (unpaired) electrons. The lowest BCUT2D eigenvalue weighted by atomic mass is 9.95. The van der Waals surface area contributed by atoms with Crippen molar-refractivity contribution in [1.29, 1.82) is 0 Å². The number of nitrogens with zero attached hydrogens (tertiary/aromatic N) is 5. The maximum absolute atomic E-state index is 16.8. The summed E-state index contributed by atoms with van der Waals surface area (Å²) in [7, 11) is 1.86. The second-order valence-corrected chi connectivity index (χ2v) is 13.3. The molecule has 0 spiro atoms. The van der Waals surface area contributed by atoms with Gasteiger partial charge >= 0.3 is 6.01 Å². The molecule has 3 fully saturated rings. The molecule has 1 saturated carbocycles. The van der Waals surface area contributed by atoms with Crippen molar-refractivity contribution in [2.45, 2.75) is 56.1 Å². The highest BCUT2D eigenvalue weighted by Gasteiger charge is 2.49. The van der Waals surface area contributed by atoms with Crippen LogP contribution in [0.4, 0.5) is 19.0 Å². The van der Waals surface area contributed by atoms with Crippen molar-refractivity contribution in [1.82, 2.24) is 19.9 Å². The lowest BCUT2D eigenvalue weighted by Gasteiger charge is -2.31. The molecule has 1 aliphatic carbocycles. The van der Waals surface area contributed by atoms with Gasteiger partial charge in [-0.2, -0.15) is 9.97 Å². The van der Waals surface area contributed by atoms with Crippen molar-refractivity contribution < 1.29 is 27.8 Å². The molecular weight excluding hydrogens is 631 g/mol. The van der Waals surface area contributed by atoms with E-state index in [-0.39, 0.29) is 58.2 Å². The third kappa shape index (κ3) is 5.59. The monoisotopic (exact) mass is 665 g/mol. The zero-order valence-corrected chi connectivity index (χ0v) is 26.9. The van der Waals surface area contributed by atoms with Crippen LogP contribution < -0.4 is 9.64 Å². The largest absolute Gasteiger partial charge is 0.508 e. The number of hydrogen-bond acceptors (Lipinski definition) is 8. The zero-order chi connectivity index (χ0) is 33.9. The Kier molecular flexibility index (Phi) is 7.81. The summed E-state index contributed by atoms with van der Waals surface area (Å²) in [5, 5.41) is 11.6. The fourth-order valence-corrected chi connectivity index (χ4v) is 7.62.